The molecule has 132 valence electrons. The summed E-state index contributed by atoms with van der Waals surface area (Å²) in [5.74, 6) is 0.653. The van der Waals surface area contributed by atoms with Gasteiger partial charge in [-0.15, -0.1) is 24.0 Å². The summed E-state index contributed by atoms with van der Waals surface area (Å²) in [6.07, 6.45) is 3.04. The van der Waals surface area contributed by atoms with Crippen molar-refractivity contribution < 1.29 is 13.2 Å². The number of nitrogens with one attached hydrogen (secondary N) is 2. The van der Waals surface area contributed by atoms with Crippen molar-refractivity contribution in [3.63, 3.8) is 0 Å². The summed E-state index contributed by atoms with van der Waals surface area (Å²) in [7, 11) is 0.227. The molecule has 1 heterocycles. The van der Waals surface area contributed by atoms with Crippen LogP contribution in [0.1, 0.15) is 26.7 Å². The second kappa shape index (κ2) is 9.24. The van der Waals surface area contributed by atoms with Crippen molar-refractivity contribution in [1.29, 1.82) is 0 Å². The lowest BCUT2D eigenvalue weighted by Crippen LogP contribution is -2.49. The Hall–Kier alpha value is -0.130. The summed E-state index contributed by atoms with van der Waals surface area (Å²) < 4.78 is 30.3. The Labute approximate surface area is 151 Å². The molecule has 22 heavy (non-hydrogen) atoms. The van der Waals surface area contributed by atoms with Crippen molar-refractivity contribution >= 4 is 40.0 Å². The summed E-state index contributed by atoms with van der Waals surface area (Å²) in [4.78, 5) is 4.14. The first-order chi connectivity index (χ1) is 9.69. The van der Waals surface area contributed by atoms with Crippen LogP contribution in [0.15, 0.2) is 4.99 Å². The Bertz CT molecular complexity index is 468. The highest BCUT2D eigenvalue weighted by Gasteiger charge is 2.31. The van der Waals surface area contributed by atoms with Crippen molar-refractivity contribution in [3.05, 3.63) is 0 Å². The summed E-state index contributed by atoms with van der Waals surface area (Å²) >= 11 is 0. The van der Waals surface area contributed by atoms with Crippen LogP contribution in [0.2, 0.25) is 0 Å². The van der Waals surface area contributed by atoms with Crippen LogP contribution in [-0.4, -0.2) is 70.4 Å². The van der Waals surface area contributed by atoms with E-state index >= 15 is 0 Å². The molecule has 9 heteroatoms. The van der Waals surface area contributed by atoms with Crippen LogP contribution in [0, 0.1) is 0 Å². The molecule has 0 saturated carbocycles. The molecule has 0 aromatic rings. The van der Waals surface area contributed by atoms with Crippen LogP contribution in [0.25, 0.3) is 0 Å². The quantitative estimate of drug-likeness (QED) is 0.354. The molecule has 1 rings (SSSR count). The molecule has 0 aromatic carbocycles. The Balaban J connectivity index is 0.00000441. The molecule has 1 aliphatic rings. The number of hydrogen-bond acceptors (Lipinski definition) is 4. The van der Waals surface area contributed by atoms with Gasteiger partial charge >= 0.3 is 0 Å². The van der Waals surface area contributed by atoms with Crippen molar-refractivity contribution in [2.45, 2.75) is 38.3 Å². The van der Waals surface area contributed by atoms with Crippen LogP contribution >= 0.6 is 24.0 Å². The number of hydrogen-bond donors (Lipinski definition) is 2. The lowest BCUT2D eigenvalue weighted by Gasteiger charge is -2.26. The van der Waals surface area contributed by atoms with E-state index in [9.17, 15) is 8.42 Å². The van der Waals surface area contributed by atoms with Gasteiger partial charge in [0.25, 0.3) is 0 Å². The van der Waals surface area contributed by atoms with E-state index in [1.165, 1.54) is 6.26 Å². The second-order valence-electron chi connectivity index (χ2n) is 5.94. The van der Waals surface area contributed by atoms with Gasteiger partial charge in [0.05, 0.1) is 11.9 Å². The SMILES string of the molecule is CN=C(NC[C@H]1CCCN1S(C)(=O)=O)NCC(C)(C)OC.I. The molecule has 7 nitrogen and oxygen atoms in total. The number of guanidine groups is 1. The maximum Gasteiger partial charge on any atom is 0.211 e. The van der Waals surface area contributed by atoms with Crippen molar-refractivity contribution in [3.8, 4) is 0 Å². The van der Waals surface area contributed by atoms with Gasteiger partial charge in [0, 0.05) is 39.8 Å². The van der Waals surface area contributed by atoms with Crippen LogP contribution in [-0.2, 0) is 14.8 Å². The summed E-state index contributed by atoms with van der Waals surface area (Å²) in [6, 6.07) is -0.00557. The maximum atomic E-state index is 11.7. The Kier molecular flexibility index (Phi) is 9.18. The van der Waals surface area contributed by atoms with Gasteiger partial charge in [-0.05, 0) is 26.7 Å². The molecule has 0 radical (unpaired) electrons. The van der Waals surface area contributed by atoms with E-state index in [0.29, 0.717) is 25.6 Å². The summed E-state index contributed by atoms with van der Waals surface area (Å²) in [5.41, 5.74) is -0.288. The molecule has 1 fully saturated rings. The average Bonchev–Trinajstić information content (AvgIpc) is 2.87. The van der Waals surface area contributed by atoms with E-state index in [0.717, 1.165) is 12.8 Å². The van der Waals surface area contributed by atoms with Gasteiger partial charge in [0.1, 0.15) is 0 Å². The Morgan fingerprint density at radius 1 is 1.41 bits per heavy atom. The zero-order valence-electron chi connectivity index (χ0n) is 14.0. The zero-order chi connectivity index (χ0) is 16.1. The molecular formula is C13H29IN4O3S. The van der Waals surface area contributed by atoms with E-state index in [1.807, 2.05) is 13.8 Å². The number of rotatable bonds is 6. The minimum absolute atomic E-state index is 0. The normalized spacial score (nSPS) is 20.6. The zero-order valence-corrected chi connectivity index (χ0v) is 17.2. The molecule has 1 atom stereocenters. The highest BCUT2D eigenvalue weighted by molar-refractivity contribution is 14.0. The van der Waals surface area contributed by atoms with Crippen molar-refractivity contribution in [2.24, 2.45) is 4.99 Å². The maximum absolute atomic E-state index is 11.7. The highest BCUT2D eigenvalue weighted by Crippen LogP contribution is 2.19. The lowest BCUT2D eigenvalue weighted by atomic mass is 10.1. The lowest BCUT2D eigenvalue weighted by molar-refractivity contribution is 0.0268. The molecule has 0 aromatic heterocycles. The van der Waals surface area contributed by atoms with Crippen LogP contribution in [0.4, 0.5) is 0 Å². The predicted octanol–water partition coefficient (Wildman–Crippen LogP) is 0.618. The smallest absolute Gasteiger partial charge is 0.211 e. The van der Waals surface area contributed by atoms with Gasteiger partial charge in [0.15, 0.2) is 5.96 Å². The molecule has 0 spiro atoms. The third kappa shape index (κ3) is 6.97. The van der Waals surface area contributed by atoms with Gasteiger partial charge in [-0.3, -0.25) is 4.99 Å². The largest absolute Gasteiger partial charge is 0.377 e. The number of sulfonamides is 1. The van der Waals surface area contributed by atoms with Gasteiger partial charge in [-0.1, -0.05) is 0 Å². The van der Waals surface area contributed by atoms with E-state index in [4.69, 9.17) is 4.74 Å². The molecular weight excluding hydrogens is 419 g/mol. The fourth-order valence-corrected chi connectivity index (χ4v) is 3.44. The summed E-state index contributed by atoms with van der Waals surface area (Å²) in [6.45, 7) is 5.74. The summed E-state index contributed by atoms with van der Waals surface area (Å²) in [5, 5.41) is 6.37. The number of ether oxygens (including phenoxy) is 1. The number of methoxy groups -OCH3 is 1. The van der Waals surface area contributed by atoms with Crippen LogP contribution < -0.4 is 10.6 Å². The Morgan fingerprint density at radius 3 is 2.55 bits per heavy atom. The minimum Gasteiger partial charge on any atom is -0.377 e. The average molecular weight is 448 g/mol. The van der Waals surface area contributed by atoms with E-state index in [1.54, 1.807) is 18.5 Å². The molecule has 1 aliphatic heterocycles. The molecule has 2 N–H and O–H groups in total. The fourth-order valence-electron chi connectivity index (χ4n) is 2.25. The van der Waals surface area contributed by atoms with Crippen LogP contribution in [0.5, 0.6) is 0 Å². The standard InChI is InChI=1S/C13H28N4O3S.HI/c1-13(2,20-4)10-16-12(14-3)15-9-11-7-6-8-17(11)21(5,18)19;/h11H,6-10H2,1-5H3,(H2,14,15,16);1H/t11-;/m1./s1. The monoisotopic (exact) mass is 448 g/mol. The minimum atomic E-state index is -3.13. The first kappa shape index (κ1) is 21.9. The number of nitrogens with zero attached hydrogens (tertiary/aromatic N) is 2. The van der Waals surface area contributed by atoms with Gasteiger partial charge in [-0.25, -0.2) is 8.42 Å². The second-order valence-corrected chi connectivity index (χ2v) is 7.88. The fraction of sp³-hybridized carbons (Fsp3) is 0.923. The first-order valence-electron chi connectivity index (χ1n) is 7.16. The van der Waals surface area contributed by atoms with Crippen molar-refractivity contribution in [1.82, 2.24) is 14.9 Å². The number of aliphatic imine (C=N–C) groups is 1. The highest BCUT2D eigenvalue weighted by atomic mass is 127. The predicted molar refractivity (Wildman–Crippen MR) is 100 cm³/mol. The third-order valence-electron chi connectivity index (χ3n) is 3.71. The third-order valence-corrected chi connectivity index (χ3v) is 5.04. The molecule has 0 amide bonds. The molecule has 1 saturated heterocycles. The van der Waals surface area contributed by atoms with E-state index < -0.39 is 10.0 Å². The number of halogens is 1. The van der Waals surface area contributed by atoms with E-state index in [-0.39, 0.29) is 35.6 Å². The van der Waals surface area contributed by atoms with E-state index in [2.05, 4.69) is 15.6 Å². The van der Waals surface area contributed by atoms with Crippen molar-refractivity contribution in [2.75, 3.05) is 40.0 Å². The Morgan fingerprint density at radius 2 is 2.05 bits per heavy atom. The van der Waals surface area contributed by atoms with Crippen LogP contribution in [0.3, 0.4) is 0 Å². The first-order valence-corrected chi connectivity index (χ1v) is 9.01. The molecule has 0 unspecified atom stereocenters. The molecule has 0 aliphatic carbocycles. The topological polar surface area (TPSA) is 83.0 Å². The van der Waals surface area contributed by atoms with Gasteiger partial charge in [-0.2, -0.15) is 4.31 Å². The van der Waals surface area contributed by atoms with Gasteiger partial charge in [0.2, 0.25) is 10.0 Å². The van der Waals surface area contributed by atoms with Gasteiger partial charge < -0.3 is 15.4 Å². The molecule has 0 bridgehead atoms.